The lowest BCUT2D eigenvalue weighted by atomic mass is 10.2. The minimum absolute atomic E-state index is 0.158. The van der Waals surface area contributed by atoms with Gasteiger partial charge in [-0.25, -0.2) is 0 Å². The van der Waals surface area contributed by atoms with Gasteiger partial charge in [0.1, 0.15) is 5.69 Å². The number of carbonyl (C=O) groups excluding carboxylic acids is 1. The molecule has 0 saturated carbocycles. The topological polar surface area (TPSA) is 103 Å². The Balaban J connectivity index is 2.20. The van der Waals surface area contributed by atoms with E-state index in [1.807, 2.05) is 6.92 Å². The van der Waals surface area contributed by atoms with Crippen LogP contribution in [-0.2, 0) is 0 Å². The number of hydrogen-bond donors (Lipinski definition) is 2. The van der Waals surface area contributed by atoms with E-state index in [0.717, 1.165) is 6.42 Å². The van der Waals surface area contributed by atoms with Crippen molar-refractivity contribution in [3.8, 4) is 11.5 Å². The van der Waals surface area contributed by atoms with Crippen molar-refractivity contribution in [2.75, 3.05) is 18.6 Å². The van der Waals surface area contributed by atoms with Crippen LogP contribution in [0.2, 0.25) is 5.02 Å². The first-order valence-corrected chi connectivity index (χ1v) is 8.74. The van der Waals surface area contributed by atoms with Gasteiger partial charge in [-0.3, -0.25) is 25.8 Å². The lowest BCUT2D eigenvalue weighted by molar-refractivity contribution is -0.384. The summed E-state index contributed by atoms with van der Waals surface area (Å²) in [5, 5.41) is 11.3. The maximum Gasteiger partial charge on any atom is 0.294 e. The van der Waals surface area contributed by atoms with E-state index in [2.05, 4.69) is 10.9 Å². The Bertz CT molecular complexity index is 829. The fraction of sp³-hybridized carbons (Fsp3) is 0.278. The van der Waals surface area contributed by atoms with Gasteiger partial charge in [0.25, 0.3) is 11.6 Å². The molecule has 0 aliphatic heterocycles. The molecule has 0 unspecified atom stereocenters. The third kappa shape index (κ3) is 5.24. The fourth-order valence-electron chi connectivity index (χ4n) is 2.24. The Labute approximate surface area is 161 Å². The molecular formula is C18H20ClN3O5. The molecule has 2 aromatic rings. The van der Waals surface area contributed by atoms with E-state index >= 15 is 0 Å². The highest BCUT2D eigenvalue weighted by atomic mass is 35.5. The molecule has 0 aliphatic rings. The SMILES string of the molecule is CCCOc1c(Cl)cc(C(=O)NNc2ccccc2[N+](=O)[O-])cc1OCC. The molecule has 1 amide bonds. The summed E-state index contributed by atoms with van der Waals surface area (Å²) in [6.45, 7) is 4.60. The molecule has 0 atom stereocenters. The summed E-state index contributed by atoms with van der Waals surface area (Å²) in [5.41, 5.74) is 5.20. The summed E-state index contributed by atoms with van der Waals surface area (Å²) < 4.78 is 11.1. The number of hydrogen-bond acceptors (Lipinski definition) is 6. The number of para-hydroxylation sites is 2. The maximum absolute atomic E-state index is 12.4. The second-order valence-electron chi connectivity index (χ2n) is 5.42. The van der Waals surface area contributed by atoms with Crippen molar-refractivity contribution < 1.29 is 19.2 Å². The zero-order valence-corrected chi connectivity index (χ0v) is 15.7. The molecule has 9 heteroatoms. The van der Waals surface area contributed by atoms with Crippen LogP contribution in [0.1, 0.15) is 30.6 Å². The predicted molar refractivity (Wildman–Crippen MR) is 103 cm³/mol. The number of carbonyl (C=O) groups is 1. The first kappa shape index (κ1) is 20.3. The second kappa shape index (κ2) is 9.63. The molecule has 8 nitrogen and oxygen atoms in total. The summed E-state index contributed by atoms with van der Waals surface area (Å²) in [6.07, 6.45) is 0.796. The molecular weight excluding hydrogens is 374 g/mol. The maximum atomic E-state index is 12.4. The molecule has 0 heterocycles. The van der Waals surface area contributed by atoms with E-state index in [1.165, 1.54) is 30.3 Å². The Morgan fingerprint density at radius 2 is 1.96 bits per heavy atom. The highest BCUT2D eigenvalue weighted by Crippen LogP contribution is 2.37. The van der Waals surface area contributed by atoms with Crippen molar-refractivity contribution in [3.63, 3.8) is 0 Å². The van der Waals surface area contributed by atoms with Gasteiger partial charge in [-0.05, 0) is 31.5 Å². The van der Waals surface area contributed by atoms with Crippen molar-refractivity contribution >= 4 is 28.9 Å². The average Bonchev–Trinajstić information content (AvgIpc) is 2.65. The summed E-state index contributed by atoms with van der Waals surface area (Å²) in [6, 6.07) is 8.93. The lowest BCUT2D eigenvalue weighted by Gasteiger charge is -2.15. The van der Waals surface area contributed by atoms with Gasteiger partial charge in [0, 0.05) is 11.6 Å². The lowest BCUT2D eigenvalue weighted by Crippen LogP contribution is -2.29. The summed E-state index contributed by atoms with van der Waals surface area (Å²) in [7, 11) is 0. The third-order valence-corrected chi connectivity index (χ3v) is 3.71. The Morgan fingerprint density at radius 3 is 2.63 bits per heavy atom. The number of nitrogens with one attached hydrogen (secondary N) is 2. The molecule has 27 heavy (non-hydrogen) atoms. The summed E-state index contributed by atoms with van der Waals surface area (Å²) >= 11 is 6.24. The van der Waals surface area contributed by atoms with E-state index in [0.29, 0.717) is 24.7 Å². The average molecular weight is 394 g/mol. The molecule has 0 bridgehead atoms. The second-order valence-corrected chi connectivity index (χ2v) is 5.83. The monoisotopic (exact) mass is 393 g/mol. The first-order chi connectivity index (χ1) is 13.0. The van der Waals surface area contributed by atoms with Crippen LogP contribution < -0.4 is 20.3 Å². The Hall–Kier alpha value is -3.00. The standard InChI is InChI=1S/C18H20ClN3O5/c1-3-9-27-17-13(19)10-12(11-16(17)26-4-2)18(23)21-20-14-7-5-6-8-15(14)22(24)25/h5-8,10-11,20H,3-4,9H2,1-2H3,(H,21,23). The van der Waals surface area contributed by atoms with Crippen LogP contribution >= 0.6 is 11.6 Å². The van der Waals surface area contributed by atoms with E-state index in [4.69, 9.17) is 21.1 Å². The molecule has 2 rings (SSSR count). The van der Waals surface area contributed by atoms with Crippen molar-refractivity contribution in [2.45, 2.75) is 20.3 Å². The smallest absolute Gasteiger partial charge is 0.294 e. The number of anilines is 1. The van der Waals surface area contributed by atoms with Gasteiger partial charge >= 0.3 is 0 Å². The molecule has 0 fully saturated rings. The van der Waals surface area contributed by atoms with Crippen LogP contribution in [0, 0.1) is 10.1 Å². The van der Waals surface area contributed by atoms with E-state index in [-0.39, 0.29) is 22.0 Å². The van der Waals surface area contributed by atoms with Crippen molar-refractivity contribution in [2.24, 2.45) is 0 Å². The fourth-order valence-corrected chi connectivity index (χ4v) is 2.51. The highest BCUT2D eigenvalue weighted by Gasteiger charge is 2.17. The molecule has 0 radical (unpaired) electrons. The van der Waals surface area contributed by atoms with Crippen LogP contribution in [0.5, 0.6) is 11.5 Å². The number of halogens is 1. The highest BCUT2D eigenvalue weighted by molar-refractivity contribution is 6.32. The number of hydrazine groups is 1. The van der Waals surface area contributed by atoms with Gasteiger partial charge in [0.2, 0.25) is 0 Å². The van der Waals surface area contributed by atoms with E-state index < -0.39 is 10.8 Å². The number of nitrogens with zero attached hydrogens (tertiary/aromatic N) is 1. The number of rotatable bonds is 9. The molecule has 2 N–H and O–H groups in total. The van der Waals surface area contributed by atoms with Crippen LogP contribution in [0.15, 0.2) is 36.4 Å². The van der Waals surface area contributed by atoms with Crippen LogP contribution in [0.4, 0.5) is 11.4 Å². The van der Waals surface area contributed by atoms with Gasteiger partial charge < -0.3 is 9.47 Å². The zero-order chi connectivity index (χ0) is 19.8. The minimum Gasteiger partial charge on any atom is -0.490 e. The van der Waals surface area contributed by atoms with Crippen LogP contribution in [-0.4, -0.2) is 24.0 Å². The van der Waals surface area contributed by atoms with Gasteiger partial charge in [-0.1, -0.05) is 30.7 Å². The van der Waals surface area contributed by atoms with Crippen LogP contribution in [0.3, 0.4) is 0 Å². The first-order valence-electron chi connectivity index (χ1n) is 8.36. The molecule has 0 saturated heterocycles. The number of benzene rings is 2. The van der Waals surface area contributed by atoms with Crippen molar-refractivity contribution in [1.29, 1.82) is 0 Å². The number of nitro groups is 1. The van der Waals surface area contributed by atoms with Crippen molar-refractivity contribution in [1.82, 2.24) is 5.43 Å². The minimum atomic E-state index is -0.543. The van der Waals surface area contributed by atoms with Crippen molar-refractivity contribution in [3.05, 3.63) is 57.1 Å². The quantitative estimate of drug-likeness (QED) is 0.489. The predicted octanol–water partition coefficient (Wildman–Crippen LogP) is 4.19. The molecule has 0 aromatic heterocycles. The molecule has 2 aromatic carbocycles. The molecule has 144 valence electrons. The Morgan fingerprint density at radius 1 is 1.22 bits per heavy atom. The van der Waals surface area contributed by atoms with Crippen LogP contribution in [0.25, 0.3) is 0 Å². The largest absolute Gasteiger partial charge is 0.490 e. The normalized spacial score (nSPS) is 10.2. The summed E-state index contributed by atoms with van der Waals surface area (Å²) in [5.74, 6) is 0.205. The third-order valence-electron chi connectivity index (χ3n) is 3.43. The molecule has 0 spiro atoms. The van der Waals surface area contributed by atoms with Gasteiger partial charge in [-0.15, -0.1) is 0 Å². The zero-order valence-electron chi connectivity index (χ0n) is 15.0. The van der Waals surface area contributed by atoms with E-state index in [1.54, 1.807) is 13.0 Å². The van der Waals surface area contributed by atoms with E-state index in [9.17, 15) is 14.9 Å². The number of amides is 1. The van der Waals surface area contributed by atoms with Gasteiger partial charge in [0.05, 0.1) is 23.2 Å². The van der Waals surface area contributed by atoms with Gasteiger partial charge in [-0.2, -0.15) is 0 Å². The molecule has 0 aliphatic carbocycles. The van der Waals surface area contributed by atoms with Gasteiger partial charge in [0.15, 0.2) is 11.5 Å². The number of nitro benzene ring substituents is 1. The summed E-state index contributed by atoms with van der Waals surface area (Å²) in [4.78, 5) is 22.9. The Kier molecular flexibility index (Phi) is 7.25. The number of ether oxygens (including phenoxy) is 2.